The molecule has 0 saturated carbocycles. The zero-order valence-electron chi connectivity index (χ0n) is 11.8. The minimum absolute atomic E-state index is 0. The van der Waals surface area contributed by atoms with Gasteiger partial charge in [0, 0.05) is 32.5 Å². The van der Waals surface area contributed by atoms with Gasteiger partial charge in [-0.25, -0.2) is 0 Å². The largest absolute Gasteiger partial charge is 0.383 e. The third-order valence-electron chi connectivity index (χ3n) is 2.47. The fraction of sp³-hybridized carbons (Fsp3) is 0.385. The molecule has 7 heteroatoms. The molecule has 0 fully saturated rings. The Morgan fingerprint density at radius 2 is 2.05 bits per heavy atom. The Labute approximate surface area is 124 Å². The van der Waals surface area contributed by atoms with Gasteiger partial charge in [-0.05, 0) is 18.2 Å². The van der Waals surface area contributed by atoms with Crippen molar-refractivity contribution in [3.63, 3.8) is 0 Å². The van der Waals surface area contributed by atoms with Gasteiger partial charge in [-0.15, -0.1) is 12.4 Å². The molecule has 0 spiro atoms. The van der Waals surface area contributed by atoms with Crippen LogP contribution in [-0.4, -0.2) is 50.6 Å². The summed E-state index contributed by atoms with van der Waals surface area (Å²) in [5.41, 5.74) is 6.64. The summed E-state index contributed by atoms with van der Waals surface area (Å²) >= 11 is 0. The SMILES string of the molecule is COCC(N)C(=O)Nc1cccc(C(=O)N(C)C)c1.Cl. The highest BCUT2D eigenvalue weighted by molar-refractivity contribution is 5.98. The molecule has 0 heterocycles. The van der Waals surface area contributed by atoms with Crippen LogP contribution in [0.4, 0.5) is 5.69 Å². The van der Waals surface area contributed by atoms with Crippen molar-refractivity contribution in [2.24, 2.45) is 5.73 Å². The van der Waals surface area contributed by atoms with Crippen molar-refractivity contribution in [3.8, 4) is 0 Å². The lowest BCUT2D eigenvalue weighted by atomic mass is 10.1. The van der Waals surface area contributed by atoms with Crippen LogP contribution < -0.4 is 11.1 Å². The van der Waals surface area contributed by atoms with Crippen LogP contribution in [0.25, 0.3) is 0 Å². The number of hydrogen-bond acceptors (Lipinski definition) is 4. The number of ether oxygens (including phenoxy) is 1. The monoisotopic (exact) mass is 301 g/mol. The Morgan fingerprint density at radius 3 is 2.60 bits per heavy atom. The van der Waals surface area contributed by atoms with Crippen molar-refractivity contribution < 1.29 is 14.3 Å². The highest BCUT2D eigenvalue weighted by Gasteiger charge is 2.14. The van der Waals surface area contributed by atoms with Crippen LogP contribution in [0, 0.1) is 0 Å². The molecule has 1 rings (SSSR count). The van der Waals surface area contributed by atoms with Crippen LogP contribution in [0.5, 0.6) is 0 Å². The van der Waals surface area contributed by atoms with Crippen LogP contribution in [-0.2, 0) is 9.53 Å². The number of carbonyl (C=O) groups is 2. The molecular formula is C13H20ClN3O3. The first-order valence-corrected chi connectivity index (χ1v) is 5.82. The number of hydrogen-bond donors (Lipinski definition) is 2. The second-order valence-electron chi connectivity index (χ2n) is 4.33. The number of carbonyl (C=O) groups excluding carboxylic acids is 2. The van der Waals surface area contributed by atoms with E-state index >= 15 is 0 Å². The van der Waals surface area contributed by atoms with E-state index in [1.165, 1.54) is 12.0 Å². The van der Waals surface area contributed by atoms with E-state index in [4.69, 9.17) is 10.5 Å². The van der Waals surface area contributed by atoms with Gasteiger partial charge >= 0.3 is 0 Å². The van der Waals surface area contributed by atoms with Crippen LogP contribution in [0.15, 0.2) is 24.3 Å². The van der Waals surface area contributed by atoms with Crippen molar-refractivity contribution >= 4 is 29.9 Å². The molecule has 20 heavy (non-hydrogen) atoms. The fourth-order valence-electron chi connectivity index (χ4n) is 1.48. The third-order valence-corrected chi connectivity index (χ3v) is 2.47. The van der Waals surface area contributed by atoms with E-state index in [-0.39, 0.29) is 30.8 Å². The lowest BCUT2D eigenvalue weighted by Gasteiger charge is -2.13. The molecule has 0 aliphatic carbocycles. The summed E-state index contributed by atoms with van der Waals surface area (Å²) in [5.74, 6) is -0.478. The summed E-state index contributed by atoms with van der Waals surface area (Å²) in [5, 5.41) is 2.65. The molecule has 1 unspecified atom stereocenters. The number of rotatable bonds is 5. The minimum atomic E-state index is -0.738. The molecule has 112 valence electrons. The van der Waals surface area contributed by atoms with Crippen molar-refractivity contribution in [3.05, 3.63) is 29.8 Å². The summed E-state index contributed by atoms with van der Waals surface area (Å²) in [6.07, 6.45) is 0. The highest BCUT2D eigenvalue weighted by atomic mass is 35.5. The predicted octanol–water partition coefficient (Wildman–Crippen LogP) is 0.722. The maximum absolute atomic E-state index is 11.8. The Hall–Kier alpha value is -1.63. The standard InChI is InChI=1S/C13H19N3O3.ClH/c1-16(2)13(18)9-5-4-6-10(7-9)15-12(17)11(14)8-19-3;/h4-7,11H,8,14H2,1-3H3,(H,15,17);1H. The first-order chi connectivity index (χ1) is 8.95. The molecule has 0 bridgehead atoms. The molecule has 2 amide bonds. The maximum Gasteiger partial charge on any atom is 0.253 e. The van der Waals surface area contributed by atoms with Crippen molar-refractivity contribution in [1.82, 2.24) is 4.90 Å². The molecule has 1 atom stereocenters. The molecule has 3 N–H and O–H groups in total. The number of nitrogens with two attached hydrogens (primary N) is 1. The van der Waals surface area contributed by atoms with Crippen molar-refractivity contribution in [2.45, 2.75) is 6.04 Å². The van der Waals surface area contributed by atoms with E-state index in [9.17, 15) is 9.59 Å². The topological polar surface area (TPSA) is 84.7 Å². The summed E-state index contributed by atoms with van der Waals surface area (Å²) in [4.78, 5) is 25.0. The first kappa shape index (κ1) is 18.4. The number of nitrogens with zero attached hydrogens (tertiary/aromatic N) is 1. The average molecular weight is 302 g/mol. The normalized spacial score (nSPS) is 11.2. The van der Waals surface area contributed by atoms with Crippen LogP contribution in [0.3, 0.4) is 0 Å². The zero-order valence-corrected chi connectivity index (χ0v) is 12.6. The van der Waals surface area contributed by atoms with Gasteiger partial charge in [0.2, 0.25) is 5.91 Å². The second kappa shape index (κ2) is 8.52. The molecule has 1 aromatic rings. The van der Waals surface area contributed by atoms with Gasteiger partial charge in [0.05, 0.1) is 6.61 Å². The van der Waals surface area contributed by atoms with E-state index in [0.29, 0.717) is 11.3 Å². The van der Waals surface area contributed by atoms with Gasteiger partial charge < -0.3 is 20.7 Å². The number of halogens is 1. The Morgan fingerprint density at radius 1 is 1.40 bits per heavy atom. The van der Waals surface area contributed by atoms with E-state index in [2.05, 4.69) is 5.32 Å². The Bertz CT molecular complexity index is 466. The molecule has 0 aromatic heterocycles. The van der Waals surface area contributed by atoms with E-state index in [1.807, 2.05) is 0 Å². The lowest BCUT2D eigenvalue weighted by molar-refractivity contribution is -0.118. The molecule has 0 radical (unpaired) electrons. The Kier molecular flexibility index (Phi) is 7.83. The van der Waals surface area contributed by atoms with Crippen LogP contribution in [0.2, 0.25) is 0 Å². The number of amides is 2. The van der Waals surface area contributed by atoms with E-state index in [0.717, 1.165) is 0 Å². The zero-order chi connectivity index (χ0) is 14.4. The summed E-state index contributed by atoms with van der Waals surface area (Å²) in [6.45, 7) is 0.141. The third kappa shape index (κ3) is 5.16. The van der Waals surface area contributed by atoms with Gasteiger partial charge in [0.25, 0.3) is 5.91 Å². The van der Waals surface area contributed by atoms with E-state index < -0.39 is 6.04 Å². The minimum Gasteiger partial charge on any atom is -0.383 e. The predicted molar refractivity (Wildman–Crippen MR) is 80.2 cm³/mol. The molecule has 0 saturated heterocycles. The highest BCUT2D eigenvalue weighted by Crippen LogP contribution is 2.12. The average Bonchev–Trinajstić information content (AvgIpc) is 2.38. The van der Waals surface area contributed by atoms with Crippen molar-refractivity contribution in [1.29, 1.82) is 0 Å². The summed E-state index contributed by atoms with van der Waals surface area (Å²) in [7, 11) is 4.81. The van der Waals surface area contributed by atoms with Gasteiger partial charge in [-0.2, -0.15) is 0 Å². The number of benzene rings is 1. The molecule has 6 nitrogen and oxygen atoms in total. The molecular weight excluding hydrogens is 282 g/mol. The smallest absolute Gasteiger partial charge is 0.253 e. The van der Waals surface area contributed by atoms with Gasteiger partial charge in [0.1, 0.15) is 6.04 Å². The van der Waals surface area contributed by atoms with Gasteiger partial charge in [-0.3, -0.25) is 9.59 Å². The maximum atomic E-state index is 11.8. The number of methoxy groups -OCH3 is 1. The first-order valence-electron chi connectivity index (χ1n) is 5.82. The second-order valence-corrected chi connectivity index (χ2v) is 4.33. The number of anilines is 1. The van der Waals surface area contributed by atoms with Crippen LogP contribution >= 0.6 is 12.4 Å². The quantitative estimate of drug-likeness (QED) is 0.839. The van der Waals surface area contributed by atoms with Gasteiger partial charge in [0.15, 0.2) is 0 Å². The molecule has 0 aliphatic heterocycles. The number of nitrogens with one attached hydrogen (secondary N) is 1. The molecule has 1 aromatic carbocycles. The van der Waals surface area contributed by atoms with Crippen molar-refractivity contribution in [2.75, 3.05) is 33.1 Å². The summed E-state index contributed by atoms with van der Waals surface area (Å²) in [6, 6.07) is 5.96. The summed E-state index contributed by atoms with van der Waals surface area (Å²) < 4.78 is 4.81. The van der Waals surface area contributed by atoms with Gasteiger partial charge in [-0.1, -0.05) is 6.07 Å². The fourth-order valence-corrected chi connectivity index (χ4v) is 1.48. The van der Waals surface area contributed by atoms with Crippen LogP contribution in [0.1, 0.15) is 10.4 Å². The molecule has 0 aliphatic rings. The lowest BCUT2D eigenvalue weighted by Crippen LogP contribution is -2.39. The Balaban J connectivity index is 0.00000361. The van der Waals surface area contributed by atoms with E-state index in [1.54, 1.807) is 38.4 Å².